The van der Waals surface area contributed by atoms with Crippen LogP contribution in [-0.4, -0.2) is 10.2 Å². The van der Waals surface area contributed by atoms with Crippen LogP contribution in [-0.2, 0) is 12.8 Å². The molecule has 2 aromatic carbocycles. The monoisotopic (exact) mass is 242 g/mol. The lowest BCUT2D eigenvalue weighted by Crippen LogP contribution is -1.90. The number of rotatable bonds is 5. The van der Waals surface area contributed by atoms with Crippen LogP contribution in [0.1, 0.15) is 24.0 Å². The molecule has 2 N–H and O–H groups in total. The van der Waals surface area contributed by atoms with Crippen LogP contribution in [0.4, 0.5) is 0 Å². The van der Waals surface area contributed by atoms with E-state index in [1.165, 1.54) is 5.56 Å². The van der Waals surface area contributed by atoms with Crippen LogP contribution in [0.15, 0.2) is 48.5 Å². The van der Waals surface area contributed by atoms with Crippen molar-refractivity contribution >= 4 is 0 Å². The average Bonchev–Trinajstić information content (AvgIpc) is 2.38. The third kappa shape index (κ3) is 3.27. The molecule has 0 fully saturated rings. The molecule has 0 unspecified atom stereocenters. The predicted molar refractivity (Wildman–Crippen MR) is 72.9 cm³/mol. The highest BCUT2D eigenvalue weighted by atomic mass is 16.3. The molecular formula is C16H18O2. The van der Waals surface area contributed by atoms with Gasteiger partial charge in [0.15, 0.2) is 0 Å². The van der Waals surface area contributed by atoms with E-state index >= 15 is 0 Å². The smallest absolute Gasteiger partial charge is 0.122 e. The third-order valence-electron chi connectivity index (χ3n) is 3.11. The molecular weight excluding hydrogens is 224 g/mol. The first-order chi connectivity index (χ1) is 8.77. The summed E-state index contributed by atoms with van der Waals surface area (Å²) in [5, 5.41) is 19.3. The van der Waals surface area contributed by atoms with Gasteiger partial charge in [0.2, 0.25) is 0 Å². The summed E-state index contributed by atoms with van der Waals surface area (Å²) >= 11 is 0. The number of aromatic hydroxyl groups is 2. The first-order valence-corrected chi connectivity index (χ1v) is 6.31. The minimum Gasteiger partial charge on any atom is -0.508 e. The van der Waals surface area contributed by atoms with Crippen LogP contribution < -0.4 is 0 Å². The molecule has 0 amide bonds. The summed E-state index contributed by atoms with van der Waals surface area (Å²) in [6.07, 6.45) is 3.76. The Morgan fingerprint density at radius 1 is 0.667 bits per heavy atom. The van der Waals surface area contributed by atoms with E-state index in [4.69, 9.17) is 0 Å². The van der Waals surface area contributed by atoms with Gasteiger partial charge < -0.3 is 10.2 Å². The van der Waals surface area contributed by atoms with Crippen LogP contribution >= 0.6 is 0 Å². The maximum absolute atomic E-state index is 9.65. The molecule has 0 atom stereocenters. The summed E-state index contributed by atoms with van der Waals surface area (Å²) in [5.74, 6) is 0.379. The van der Waals surface area contributed by atoms with Crippen LogP contribution in [0.3, 0.4) is 0 Å². The molecule has 0 heterocycles. The van der Waals surface area contributed by atoms with Crippen molar-refractivity contribution in [1.29, 1.82) is 0 Å². The number of aryl methyl sites for hydroxylation is 1. The Morgan fingerprint density at radius 2 is 1.28 bits per heavy atom. The van der Waals surface area contributed by atoms with Crippen molar-refractivity contribution in [3.63, 3.8) is 0 Å². The van der Waals surface area contributed by atoms with Crippen molar-refractivity contribution in [2.24, 2.45) is 0 Å². The largest absolute Gasteiger partial charge is 0.508 e. The molecule has 2 nitrogen and oxygen atoms in total. The first-order valence-electron chi connectivity index (χ1n) is 6.31. The number of phenolic OH excluding ortho intramolecular Hbond substituents is 2. The molecule has 94 valence electrons. The molecule has 0 aliphatic carbocycles. The Bertz CT molecular complexity index is 471. The summed E-state index contributed by atoms with van der Waals surface area (Å²) in [7, 11) is 0. The second-order valence-corrected chi connectivity index (χ2v) is 4.47. The van der Waals surface area contributed by atoms with E-state index in [1.54, 1.807) is 18.2 Å². The fourth-order valence-electron chi connectivity index (χ4n) is 2.09. The second kappa shape index (κ2) is 6.10. The molecule has 2 aromatic rings. The zero-order chi connectivity index (χ0) is 12.8. The van der Waals surface area contributed by atoms with Crippen molar-refractivity contribution in [1.82, 2.24) is 0 Å². The summed E-state index contributed by atoms with van der Waals surface area (Å²) in [4.78, 5) is 0. The lowest BCUT2D eigenvalue weighted by molar-refractivity contribution is 0.436. The van der Waals surface area contributed by atoms with Gasteiger partial charge in [-0.25, -0.2) is 0 Å². The quantitative estimate of drug-likeness (QED) is 0.785. The predicted octanol–water partition coefficient (Wildman–Crippen LogP) is 3.66. The van der Waals surface area contributed by atoms with Gasteiger partial charge in [-0.1, -0.05) is 36.4 Å². The first kappa shape index (κ1) is 12.5. The van der Waals surface area contributed by atoms with Gasteiger partial charge in [0.25, 0.3) is 0 Å². The van der Waals surface area contributed by atoms with E-state index in [2.05, 4.69) is 12.1 Å². The minimum absolute atomic E-state index is 0.190. The molecule has 0 spiro atoms. The van der Waals surface area contributed by atoms with Gasteiger partial charge in [-0.05, 0) is 43.4 Å². The topological polar surface area (TPSA) is 40.5 Å². The molecule has 2 rings (SSSR count). The normalized spacial score (nSPS) is 10.4. The van der Waals surface area contributed by atoms with E-state index in [0.717, 1.165) is 19.3 Å². The molecule has 0 aliphatic rings. The maximum atomic E-state index is 9.65. The van der Waals surface area contributed by atoms with Crippen LogP contribution in [0.5, 0.6) is 11.5 Å². The van der Waals surface area contributed by atoms with Crippen molar-refractivity contribution in [2.75, 3.05) is 0 Å². The lowest BCUT2D eigenvalue weighted by Gasteiger charge is -2.06. The Labute approximate surface area is 108 Å². The fraction of sp³-hybridized carbons (Fsp3) is 0.250. The molecule has 18 heavy (non-hydrogen) atoms. The maximum Gasteiger partial charge on any atom is 0.122 e. The van der Waals surface area contributed by atoms with Gasteiger partial charge >= 0.3 is 0 Å². The number of unbranched alkanes of at least 4 members (excludes halogenated alkanes) is 1. The molecule has 0 aromatic heterocycles. The van der Waals surface area contributed by atoms with E-state index < -0.39 is 0 Å². The number of benzene rings is 2. The molecule has 2 heteroatoms. The zero-order valence-corrected chi connectivity index (χ0v) is 10.3. The average molecular weight is 242 g/mol. The van der Waals surface area contributed by atoms with Crippen molar-refractivity contribution in [3.8, 4) is 11.5 Å². The number of hydrogen-bond donors (Lipinski definition) is 2. The van der Waals surface area contributed by atoms with Crippen LogP contribution in [0.25, 0.3) is 0 Å². The van der Waals surface area contributed by atoms with Crippen LogP contribution in [0, 0.1) is 0 Å². The Balaban J connectivity index is 1.82. The van der Waals surface area contributed by atoms with Crippen molar-refractivity contribution in [2.45, 2.75) is 25.7 Å². The standard InChI is InChI=1S/C16H18O2/c17-15-11-6-12-16(18)14(15)10-5-4-9-13-7-2-1-3-8-13/h1-3,6-8,11-12,17-18H,4-5,9-10H2. The molecule has 0 radical (unpaired) electrons. The van der Waals surface area contributed by atoms with Crippen molar-refractivity contribution in [3.05, 3.63) is 59.7 Å². The highest BCUT2D eigenvalue weighted by Gasteiger charge is 2.05. The highest BCUT2D eigenvalue weighted by Crippen LogP contribution is 2.27. The van der Waals surface area contributed by atoms with Gasteiger partial charge in [0.1, 0.15) is 11.5 Å². The Hall–Kier alpha value is -1.96. The number of phenols is 2. The van der Waals surface area contributed by atoms with E-state index in [-0.39, 0.29) is 11.5 Å². The second-order valence-electron chi connectivity index (χ2n) is 4.47. The molecule has 0 bridgehead atoms. The van der Waals surface area contributed by atoms with Gasteiger partial charge in [-0.3, -0.25) is 0 Å². The summed E-state index contributed by atoms with van der Waals surface area (Å²) in [6.45, 7) is 0. The lowest BCUT2D eigenvalue weighted by atomic mass is 10.0. The highest BCUT2D eigenvalue weighted by molar-refractivity contribution is 5.42. The Kier molecular flexibility index (Phi) is 4.24. The Morgan fingerprint density at radius 3 is 1.94 bits per heavy atom. The van der Waals surface area contributed by atoms with E-state index in [1.807, 2.05) is 18.2 Å². The van der Waals surface area contributed by atoms with Crippen LogP contribution in [0.2, 0.25) is 0 Å². The third-order valence-corrected chi connectivity index (χ3v) is 3.11. The number of hydrogen-bond acceptors (Lipinski definition) is 2. The molecule has 0 aliphatic heterocycles. The fourth-order valence-corrected chi connectivity index (χ4v) is 2.09. The summed E-state index contributed by atoms with van der Waals surface area (Å²) < 4.78 is 0. The molecule has 0 saturated heterocycles. The van der Waals surface area contributed by atoms with E-state index in [9.17, 15) is 10.2 Å². The minimum atomic E-state index is 0.190. The SMILES string of the molecule is Oc1cccc(O)c1CCCCc1ccccc1. The molecule has 0 saturated carbocycles. The van der Waals surface area contributed by atoms with Gasteiger partial charge in [-0.15, -0.1) is 0 Å². The van der Waals surface area contributed by atoms with Gasteiger partial charge in [-0.2, -0.15) is 0 Å². The van der Waals surface area contributed by atoms with Gasteiger partial charge in [0, 0.05) is 5.56 Å². The summed E-state index contributed by atoms with van der Waals surface area (Å²) in [5.41, 5.74) is 1.99. The summed E-state index contributed by atoms with van der Waals surface area (Å²) in [6, 6.07) is 15.2. The van der Waals surface area contributed by atoms with Crippen molar-refractivity contribution < 1.29 is 10.2 Å². The van der Waals surface area contributed by atoms with Gasteiger partial charge in [0.05, 0.1) is 0 Å². The zero-order valence-electron chi connectivity index (χ0n) is 10.3. The van der Waals surface area contributed by atoms with E-state index in [0.29, 0.717) is 12.0 Å².